The Kier molecular flexibility index (Phi) is 6.54. The summed E-state index contributed by atoms with van der Waals surface area (Å²) in [6.45, 7) is 11.7. The second kappa shape index (κ2) is 7.12. The summed E-state index contributed by atoms with van der Waals surface area (Å²) >= 11 is 5.06. The molecule has 15 heavy (non-hydrogen) atoms. The highest BCUT2D eigenvalue weighted by Gasteiger charge is 2.02. The van der Waals surface area contributed by atoms with E-state index in [1.165, 1.54) is 0 Å². The van der Waals surface area contributed by atoms with Crippen LogP contribution in [0.2, 0.25) is 0 Å². The molecule has 0 aliphatic rings. The molecule has 0 radical (unpaired) electrons. The first-order valence-corrected chi connectivity index (χ1v) is 5.46. The van der Waals surface area contributed by atoms with Crippen molar-refractivity contribution in [2.45, 2.75) is 27.7 Å². The molecule has 0 bridgehead atoms. The summed E-state index contributed by atoms with van der Waals surface area (Å²) in [5.74, 6) is 0. The highest BCUT2D eigenvalue weighted by molar-refractivity contribution is 7.71. The molecule has 1 rings (SSSR count). The minimum Gasteiger partial charge on any atom is -0.267 e. The normalized spacial score (nSPS) is 9.60. The van der Waals surface area contributed by atoms with Crippen LogP contribution < -0.4 is 0 Å². The second-order valence-corrected chi connectivity index (χ2v) is 3.09. The van der Waals surface area contributed by atoms with Gasteiger partial charge in [-0.2, -0.15) is 5.10 Å². The van der Waals surface area contributed by atoms with E-state index in [1.54, 1.807) is 6.08 Å². The third-order valence-corrected chi connectivity index (χ3v) is 2.22. The van der Waals surface area contributed by atoms with Gasteiger partial charge in [-0.3, -0.25) is 5.10 Å². The maximum absolute atomic E-state index is 5.06. The average Bonchev–Trinajstić information content (AvgIpc) is 2.27. The molecule has 3 heteroatoms. The van der Waals surface area contributed by atoms with Gasteiger partial charge in [0.05, 0.1) is 5.69 Å². The Morgan fingerprint density at radius 2 is 2.00 bits per heavy atom. The highest BCUT2D eigenvalue weighted by Crippen LogP contribution is 2.14. The van der Waals surface area contributed by atoms with Crippen molar-refractivity contribution in [1.82, 2.24) is 10.2 Å². The van der Waals surface area contributed by atoms with Crippen LogP contribution in [0.4, 0.5) is 0 Å². The van der Waals surface area contributed by atoms with Crippen LogP contribution in [-0.4, -0.2) is 10.2 Å². The molecule has 1 N–H and O–H groups in total. The van der Waals surface area contributed by atoms with E-state index < -0.39 is 0 Å². The molecule has 0 saturated heterocycles. The molecule has 0 saturated carbocycles. The number of hydrogen-bond donors (Lipinski definition) is 1. The van der Waals surface area contributed by atoms with E-state index in [2.05, 4.69) is 16.8 Å². The third-order valence-electron chi connectivity index (χ3n) is 1.83. The van der Waals surface area contributed by atoms with Crippen LogP contribution >= 0.6 is 12.2 Å². The Bertz CT molecular complexity index is 403. The Morgan fingerprint density at radius 3 is 2.47 bits per heavy atom. The predicted molar refractivity (Wildman–Crippen MR) is 70.3 cm³/mol. The topological polar surface area (TPSA) is 28.7 Å². The number of nitrogens with zero attached hydrogens (tertiary/aromatic N) is 1. The number of hydrogen-bond acceptors (Lipinski definition) is 2. The first-order chi connectivity index (χ1) is 7.20. The lowest BCUT2D eigenvalue weighted by atomic mass is 10.1. The third kappa shape index (κ3) is 3.44. The fraction of sp³-hybridized carbons (Fsp3) is 0.333. The number of rotatable bonds is 2. The summed E-state index contributed by atoms with van der Waals surface area (Å²) in [6, 6.07) is 0. The molecule has 0 atom stereocenters. The summed E-state index contributed by atoms with van der Waals surface area (Å²) in [4.78, 5) is 0. The van der Waals surface area contributed by atoms with Crippen LogP contribution in [0.25, 0.3) is 12.2 Å². The number of nitrogens with one attached hydrogen (secondary N) is 1. The van der Waals surface area contributed by atoms with Gasteiger partial charge >= 0.3 is 0 Å². The van der Waals surface area contributed by atoms with E-state index in [9.17, 15) is 0 Å². The predicted octanol–water partition coefficient (Wildman–Crippen LogP) is 4.15. The Hall–Kier alpha value is -1.22. The van der Waals surface area contributed by atoms with Crippen molar-refractivity contribution >= 4 is 24.4 Å². The van der Waals surface area contributed by atoms with Crippen LogP contribution in [0.5, 0.6) is 0 Å². The summed E-state index contributed by atoms with van der Waals surface area (Å²) in [6.07, 6.45) is 5.64. The number of allylic oxidation sites excluding steroid dienone is 1. The second-order valence-electron chi connectivity index (χ2n) is 2.68. The fourth-order valence-corrected chi connectivity index (χ4v) is 1.27. The maximum Gasteiger partial charge on any atom is 0.123 e. The molecule has 0 aliphatic carbocycles. The SMILES string of the molecule is C=Cc1c(/C=C\C)n[nH]c(=S)c1C.CC. The Morgan fingerprint density at radius 1 is 1.40 bits per heavy atom. The van der Waals surface area contributed by atoms with Gasteiger partial charge in [-0.1, -0.05) is 44.8 Å². The van der Waals surface area contributed by atoms with Crippen LogP contribution in [0.15, 0.2) is 12.7 Å². The lowest BCUT2D eigenvalue weighted by Gasteiger charge is -2.03. The lowest BCUT2D eigenvalue weighted by molar-refractivity contribution is 0.980. The van der Waals surface area contributed by atoms with Gasteiger partial charge in [0.15, 0.2) is 0 Å². The van der Waals surface area contributed by atoms with Gasteiger partial charge in [-0.25, -0.2) is 0 Å². The van der Waals surface area contributed by atoms with Crippen molar-refractivity contribution in [2.24, 2.45) is 0 Å². The monoisotopic (exact) mass is 222 g/mol. The minimum atomic E-state index is 0.670. The van der Waals surface area contributed by atoms with Crippen molar-refractivity contribution in [1.29, 1.82) is 0 Å². The van der Waals surface area contributed by atoms with Gasteiger partial charge in [-0.15, -0.1) is 0 Å². The summed E-state index contributed by atoms with van der Waals surface area (Å²) in [5, 5.41) is 6.91. The highest BCUT2D eigenvalue weighted by atomic mass is 32.1. The van der Waals surface area contributed by atoms with Crippen molar-refractivity contribution < 1.29 is 0 Å². The van der Waals surface area contributed by atoms with Gasteiger partial charge in [-0.05, 0) is 25.5 Å². The van der Waals surface area contributed by atoms with E-state index in [4.69, 9.17) is 12.2 Å². The maximum atomic E-state index is 5.06. The largest absolute Gasteiger partial charge is 0.267 e. The number of aromatic nitrogens is 2. The van der Waals surface area contributed by atoms with E-state index in [0.29, 0.717) is 4.64 Å². The quantitative estimate of drug-likeness (QED) is 0.761. The molecular formula is C12H18N2S. The van der Waals surface area contributed by atoms with E-state index in [0.717, 1.165) is 16.8 Å². The van der Waals surface area contributed by atoms with E-state index in [1.807, 2.05) is 39.8 Å². The van der Waals surface area contributed by atoms with Crippen molar-refractivity contribution in [3.05, 3.63) is 34.1 Å². The van der Waals surface area contributed by atoms with Crippen molar-refractivity contribution in [3.8, 4) is 0 Å². The molecule has 82 valence electrons. The van der Waals surface area contributed by atoms with Gasteiger partial charge in [0.2, 0.25) is 0 Å². The van der Waals surface area contributed by atoms with Crippen molar-refractivity contribution in [2.75, 3.05) is 0 Å². The summed E-state index contributed by atoms with van der Waals surface area (Å²) in [7, 11) is 0. The molecule has 0 aromatic carbocycles. The molecular weight excluding hydrogens is 204 g/mol. The summed E-state index contributed by atoms with van der Waals surface area (Å²) in [5.41, 5.74) is 2.90. The molecule has 1 aromatic heterocycles. The van der Waals surface area contributed by atoms with E-state index >= 15 is 0 Å². The zero-order valence-corrected chi connectivity index (χ0v) is 10.6. The number of aromatic amines is 1. The molecule has 0 amide bonds. The van der Waals surface area contributed by atoms with Gasteiger partial charge < -0.3 is 0 Å². The van der Waals surface area contributed by atoms with E-state index in [-0.39, 0.29) is 0 Å². The average molecular weight is 222 g/mol. The molecule has 0 aliphatic heterocycles. The van der Waals surface area contributed by atoms with Crippen LogP contribution in [0, 0.1) is 11.6 Å². The number of H-pyrrole nitrogens is 1. The Labute approximate surface area is 96.7 Å². The molecule has 1 aromatic rings. The van der Waals surface area contributed by atoms with Crippen LogP contribution in [0.1, 0.15) is 37.6 Å². The first kappa shape index (κ1) is 13.8. The van der Waals surface area contributed by atoms with Gasteiger partial charge in [0, 0.05) is 5.56 Å². The Balaban J connectivity index is 0.000000921. The molecule has 1 heterocycles. The van der Waals surface area contributed by atoms with Crippen LogP contribution in [-0.2, 0) is 0 Å². The minimum absolute atomic E-state index is 0.670. The zero-order valence-electron chi connectivity index (χ0n) is 9.79. The zero-order chi connectivity index (χ0) is 11.8. The van der Waals surface area contributed by atoms with Crippen molar-refractivity contribution in [3.63, 3.8) is 0 Å². The molecule has 0 spiro atoms. The van der Waals surface area contributed by atoms with Crippen LogP contribution in [0.3, 0.4) is 0 Å². The summed E-state index contributed by atoms with van der Waals surface area (Å²) < 4.78 is 0.670. The molecule has 0 fully saturated rings. The first-order valence-electron chi connectivity index (χ1n) is 5.05. The smallest absolute Gasteiger partial charge is 0.123 e. The standard InChI is InChI=1S/C10H12N2S.C2H6/c1-4-6-9-8(5-2)7(3)10(13)12-11-9;1-2/h4-6H,2H2,1,3H3,(H,12,13);1-2H3/b6-4-;. The fourth-order valence-electron chi connectivity index (χ4n) is 1.11. The van der Waals surface area contributed by atoms with Gasteiger partial charge in [0.25, 0.3) is 0 Å². The van der Waals surface area contributed by atoms with Gasteiger partial charge in [0.1, 0.15) is 4.64 Å². The molecule has 0 unspecified atom stereocenters. The molecule has 2 nitrogen and oxygen atoms in total. The lowest BCUT2D eigenvalue weighted by Crippen LogP contribution is -1.95.